The summed E-state index contributed by atoms with van der Waals surface area (Å²) < 4.78 is 21.9. The minimum atomic E-state index is -0.650. The molecule has 212 valence electrons. The first-order chi connectivity index (χ1) is 19.0. The number of ether oxygens (including phenoxy) is 4. The van der Waals surface area contributed by atoms with E-state index < -0.39 is 12.1 Å². The number of hydrogen-bond donors (Lipinski definition) is 1. The summed E-state index contributed by atoms with van der Waals surface area (Å²) in [7, 11) is 1.33. The van der Waals surface area contributed by atoms with Crippen molar-refractivity contribution in [2.45, 2.75) is 83.5 Å². The first kappa shape index (κ1) is 28.9. The normalized spacial score (nSPS) is 22.3. The highest BCUT2D eigenvalue weighted by Crippen LogP contribution is 2.49. The molecule has 0 amide bonds. The fraction of sp³-hybridized carbons (Fsp3) is 0.562. The van der Waals surface area contributed by atoms with Gasteiger partial charge in [0.15, 0.2) is 6.61 Å². The van der Waals surface area contributed by atoms with Crippen molar-refractivity contribution >= 4 is 12.1 Å². The van der Waals surface area contributed by atoms with Gasteiger partial charge >= 0.3 is 12.1 Å². The van der Waals surface area contributed by atoms with Gasteiger partial charge in [-0.05, 0) is 79.0 Å². The lowest BCUT2D eigenvalue weighted by Gasteiger charge is -2.32. The summed E-state index contributed by atoms with van der Waals surface area (Å²) in [4.78, 5) is 24.4. The van der Waals surface area contributed by atoms with Gasteiger partial charge in [-0.15, -0.1) is 0 Å². The summed E-state index contributed by atoms with van der Waals surface area (Å²) in [5, 5.41) is 10.6. The van der Waals surface area contributed by atoms with E-state index in [9.17, 15) is 14.7 Å². The Labute approximate surface area is 231 Å². The zero-order valence-electron chi connectivity index (χ0n) is 23.2. The number of benzene rings is 2. The topological polar surface area (TPSA) is 91.3 Å². The molecule has 2 aromatic rings. The summed E-state index contributed by atoms with van der Waals surface area (Å²) in [6.45, 7) is 2.23. The lowest BCUT2D eigenvalue weighted by Crippen LogP contribution is -2.30. The maximum Gasteiger partial charge on any atom is 0.508 e. The predicted octanol–water partition coefficient (Wildman–Crippen LogP) is 6.03. The molecule has 0 radical (unpaired) electrons. The van der Waals surface area contributed by atoms with Crippen molar-refractivity contribution in [3.05, 3.63) is 65.2 Å². The monoisotopic (exact) mass is 538 g/mol. The van der Waals surface area contributed by atoms with Gasteiger partial charge in [0, 0.05) is 0 Å². The molecule has 0 unspecified atom stereocenters. The van der Waals surface area contributed by atoms with E-state index in [1.165, 1.54) is 12.7 Å². The van der Waals surface area contributed by atoms with E-state index in [-0.39, 0.29) is 31.3 Å². The van der Waals surface area contributed by atoms with Crippen molar-refractivity contribution in [2.24, 2.45) is 17.8 Å². The standard InChI is InChI=1S/C32H42O7/c1-3-4-6-13-25(33)15-16-26-27-17-23-12-9-14-29(28(23)18-24(27)19-30(26)39-32(35)36-2)37-21-31(34)38-20-22-10-7-5-8-11-22/h5,7-12,14,24-27,30,33H,3-4,6,13,15-21H2,1-2H3/t24-,25-,26+,27-,30+/m0/s1. The van der Waals surface area contributed by atoms with Crippen LogP contribution in [-0.2, 0) is 38.5 Å². The molecule has 5 atom stereocenters. The number of methoxy groups -OCH3 is 1. The van der Waals surface area contributed by atoms with E-state index in [0.29, 0.717) is 24.0 Å². The molecule has 1 N–H and O–H groups in total. The van der Waals surface area contributed by atoms with E-state index in [0.717, 1.165) is 62.5 Å². The number of esters is 1. The third-order valence-corrected chi connectivity index (χ3v) is 8.30. The molecule has 0 heterocycles. The molecular weight excluding hydrogens is 496 g/mol. The molecule has 0 saturated heterocycles. The Bertz CT molecular complexity index is 1070. The van der Waals surface area contributed by atoms with Crippen molar-refractivity contribution in [3.8, 4) is 5.75 Å². The molecule has 0 aromatic heterocycles. The lowest BCUT2D eigenvalue weighted by atomic mass is 9.73. The number of fused-ring (bicyclic) bond motifs is 2. The maximum absolute atomic E-state index is 12.3. The second-order valence-electron chi connectivity index (χ2n) is 10.9. The van der Waals surface area contributed by atoms with Gasteiger partial charge in [-0.3, -0.25) is 0 Å². The molecule has 39 heavy (non-hydrogen) atoms. The molecule has 1 fully saturated rings. The van der Waals surface area contributed by atoms with Crippen LogP contribution in [0, 0.1) is 17.8 Å². The highest BCUT2D eigenvalue weighted by molar-refractivity contribution is 5.71. The molecule has 0 bridgehead atoms. The number of unbranched alkanes of at least 4 members (excludes halogenated alkanes) is 2. The van der Waals surface area contributed by atoms with Gasteiger partial charge in [-0.1, -0.05) is 68.7 Å². The fourth-order valence-electron chi connectivity index (χ4n) is 6.29. The Kier molecular flexibility index (Phi) is 10.7. The first-order valence-electron chi connectivity index (χ1n) is 14.3. The van der Waals surface area contributed by atoms with Gasteiger partial charge in [0.25, 0.3) is 0 Å². The Morgan fingerprint density at radius 3 is 2.62 bits per heavy atom. The van der Waals surface area contributed by atoms with Gasteiger partial charge in [0.1, 0.15) is 18.5 Å². The van der Waals surface area contributed by atoms with Gasteiger partial charge in [0.05, 0.1) is 13.2 Å². The van der Waals surface area contributed by atoms with Crippen LogP contribution in [0.4, 0.5) is 4.79 Å². The number of carbonyl (C=O) groups excluding carboxylic acids is 2. The Hall–Kier alpha value is -3.06. The van der Waals surface area contributed by atoms with Crippen LogP contribution in [0.3, 0.4) is 0 Å². The summed E-state index contributed by atoms with van der Waals surface area (Å²) >= 11 is 0. The Morgan fingerprint density at radius 1 is 1.03 bits per heavy atom. The van der Waals surface area contributed by atoms with E-state index in [1.54, 1.807) is 0 Å². The van der Waals surface area contributed by atoms with E-state index >= 15 is 0 Å². The zero-order chi connectivity index (χ0) is 27.6. The molecule has 2 aromatic carbocycles. The highest BCUT2D eigenvalue weighted by Gasteiger charge is 2.47. The summed E-state index contributed by atoms with van der Waals surface area (Å²) in [6, 6.07) is 15.6. The van der Waals surface area contributed by atoms with E-state index in [4.69, 9.17) is 18.9 Å². The van der Waals surface area contributed by atoms with E-state index in [2.05, 4.69) is 13.0 Å². The third kappa shape index (κ3) is 7.98. The van der Waals surface area contributed by atoms with Gasteiger partial charge in [-0.2, -0.15) is 0 Å². The molecule has 2 aliphatic carbocycles. The van der Waals surface area contributed by atoms with Crippen LogP contribution in [0.5, 0.6) is 5.75 Å². The Balaban J connectivity index is 1.39. The quantitative estimate of drug-likeness (QED) is 0.246. The molecular formula is C32H42O7. The lowest BCUT2D eigenvalue weighted by molar-refractivity contribution is -0.147. The second kappa shape index (κ2) is 14.4. The van der Waals surface area contributed by atoms with Crippen molar-refractivity contribution in [1.29, 1.82) is 0 Å². The second-order valence-corrected chi connectivity index (χ2v) is 10.9. The fourth-order valence-corrected chi connectivity index (χ4v) is 6.29. The number of rotatable bonds is 13. The van der Waals surface area contributed by atoms with Crippen LogP contribution in [0.15, 0.2) is 48.5 Å². The molecule has 7 nitrogen and oxygen atoms in total. The van der Waals surface area contributed by atoms with Crippen molar-refractivity contribution < 1.29 is 33.6 Å². The van der Waals surface area contributed by atoms with E-state index in [1.807, 2.05) is 42.5 Å². The van der Waals surface area contributed by atoms with Crippen LogP contribution in [0.25, 0.3) is 0 Å². The van der Waals surface area contributed by atoms with Crippen molar-refractivity contribution in [1.82, 2.24) is 0 Å². The number of carbonyl (C=O) groups is 2. The number of aliphatic hydroxyl groups is 1. The maximum atomic E-state index is 12.3. The third-order valence-electron chi connectivity index (χ3n) is 8.30. The minimum Gasteiger partial charge on any atom is -0.482 e. The molecule has 1 saturated carbocycles. The smallest absolute Gasteiger partial charge is 0.482 e. The van der Waals surface area contributed by atoms with Crippen LogP contribution in [-0.4, -0.2) is 43.2 Å². The number of hydrogen-bond acceptors (Lipinski definition) is 7. The van der Waals surface area contributed by atoms with Crippen LogP contribution < -0.4 is 4.74 Å². The minimum absolute atomic E-state index is 0.149. The molecule has 4 rings (SSSR count). The summed E-state index contributed by atoms with van der Waals surface area (Å²) in [5.74, 6) is 1.14. The molecule has 0 aliphatic heterocycles. The van der Waals surface area contributed by atoms with Crippen LogP contribution >= 0.6 is 0 Å². The number of aliphatic hydroxyl groups excluding tert-OH is 1. The average molecular weight is 539 g/mol. The molecule has 7 heteroatoms. The van der Waals surface area contributed by atoms with Gasteiger partial charge in [-0.25, -0.2) is 9.59 Å². The predicted molar refractivity (Wildman–Crippen MR) is 147 cm³/mol. The first-order valence-corrected chi connectivity index (χ1v) is 14.3. The summed E-state index contributed by atoms with van der Waals surface area (Å²) in [5.41, 5.74) is 3.26. The van der Waals surface area contributed by atoms with Crippen molar-refractivity contribution in [3.63, 3.8) is 0 Å². The van der Waals surface area contributed by atoms with Crippen LogP contribution in [0.2, 0.25) is 0 Å². The highest BCUT2D eigenvalue weighted by atomic mass is 16.7. The SMILES string of the molecule is CCCCC[C@H](O)CC[C@@H]1[C@H]2Cc3cccc(OCC(=O)OCc4ccccc4)c3C[C@H]2C[C@H]1OC(=O)OC. The van der Waals surface area contributed by atoms with Gasteiger partial charge in [0.2, 0.25) is 0 Å². The summed E-state index contributed by atoms with van der Waals surface area (Å²) in [6.07, 6.45) is 6.83. The van der Waals surface area contributed by atoms with Crippen LogP contribution in [0.1, 0.15) is 68.6 Å². The zero-order valence-corrected chi connectivity index (χ0v) is 23.2. The Morgan fingerprint density at radius 2 is 1.85 bits per heavy atom. The van der Waals surface area contributed by atoms with Gasteiger partial charge < -0.3 is 24.1 Å². The largest absolute Gasteiger partial charge is 0.508 e. The van der Waals surface area contributed by atoms with Crippen molar-refractivity contribution in [2.75, 3.05) is 13.7 Å². The molecule has 0 spiro atoms. The molecule has 2 aliphatic rings. The average Bonchev–Trinajstić information content (AvgIpc) is 3.28.